The van der Waals surface area contributed by atoms with E-state index < -0.39 is 0 Å². The molecule has 0 aliphatic carbocycles. The SMILES string of the molecule is [O]=[Fe].[O]=[Nb]. The third-order valence-electron chi connectivity index (χ3n) is 0. The van der Waals surface area contributed by atoms with Crippen LogP contribution in [0, 0.1) is 0 Å². The molecule has 0 heterocycles. The summed E-state index contributed by atoms with van der Waals surface area (Å²) in [7, 11) is 0. The Balaban J connectivity index is 0. The normalized spacial score (nSPS) is 2.00. The van der Waals surface area contributed by atoms with Crippen LogP contribution in [0.1, 0.15) is 0 Å². The van der Waals surface area contributed by atoms with Crippen molar-refractivity contribution < 1.29 is 44.1 Å². The van der Waals surface area contributed by atoms with Gasteiger partial charge in [0.05, 0.1) is 0 Å². The van der Waals surface area contributed by atoms with Crippen LogP contribution in [0.4, 0.5) is 0 Å². The van der Waals surface area contributed by atoms with Gasteiger partial charge in [-0.2, -0.15) is 0 Å². The fourth-order valence-electron chi connectivity index (χ4n) is 0. The van der Waals surface area contributed by atoms with Crippen LogP contribution in [0.25, 0.3) is 0 Å². The van der Waals surface area contributed by atoms with Gasteiger partial charge in [0, 0.05) is 0 Å². The molecule has 0 fully saturated rings. The summed E-state index contributed by atoms with van der Waals surface area (Å²) in [6.45, 7) is 0. The van der Waals surface area contributed by atoms with Crippen LogP contribution in [-0.4, -0.2) is 0 Å². The van der Waals surface area contributed by atoms with Gasteiger partial charge in [-0.25, -0.2) is 0 Å². The first kappa shape index (κ1) is 8.85. The van der Waals surface area contributed by atoms with Crippen LogP contribution in [0.5, 0.6) is 0 Å². The van der Waals surface area contributed by atoms with Crippen molar-refractivity contribution in [3.05, 3.63) is 0 Å². The summed E-state index contributed by atoms with van der Waals surface area (Å²) in [5.41, 5.74) is 0. The topological polar surface area (TPSA) is 34.1 Å². The molecule has 2 nitrogen and oxygen atoms in total. The molecule has 0 rings (SSSR count). The maximum absolute atomic E-state index is 8.30. The third kappa shape index (κ3) is 13.4. The average molecular weight is 181 g/mol. The second kappa shape index (κ2) is 42.7. The van der Waals surface area contributed by atoms with Gasteiger partial charge in [0.1, 0.15) is 0 Å². The summed E-state index contributed by atoms with van der Waals surface area (Å²) < 4.78 is 16.3. The second-order valence-electron chi connectivity index (χ2n) is 0. The predicted molar refractivity (Wildman–Crippen MR) is 1.37 cm³/mol. The van der Waals surface area contributed by atoms with Gasteiger partial charge in [-0.1, -0.05) is 0 Å². The molecule has 0 unspecified atom stereocenters. The minimum atomic E-state index is 0.500. The summed E-state index contributed by atoms with van der Waals surface area (Å²) in [4.78, 5) is 0. The Hall–Kier alpha value is 0.860. The van der Waals surface area contributed by atoms with Gasteiger partial charge in [0.2, 0.25) is 0 Å². The molecule has 0 saturated carbocycles. The summed E-state index contributed by atoms with van der Waals surface area (Å²) in [6, 6.07) is 0. The molecule has 0 bridgehead atoms. The Bertz CT molecular complexity index is 8.00. The number of rotatable bonds is 0. The van der Waals surface area contributed by atoms with Gasteiger partial charge in [-0.3, -0.25) is 0 Å². The minimum absolute atomic E-state index is 0.500. The van der Waals surface area contributed by atoms with Crippen LogP contribution in [0.2, 0.25) is 0 Å². The first-order chi connectivity index (χ1) is 2.00. The Morgan fingerprint density at radius 1 is 1.25 bits per heavy atom. The zero-order valence-corrected chi connectivity index (χ0v) is 4.92. The van der Waals surface area contributed by atoms with Crippen LogP contribution < -0.4 is 0 Å². The van der Waals surface area contributed by atoms with Crippen LogP contribution in [0.15, 0.2) is 0 Å². The van der Waals surface area contributed by atoms with E-state index in [9.17, 15) is 0 Å². The van der Waals surface area contributed by atoms with E-state index in [4.69, 9.17) is 7.08 Å². The first-order valence-electron chi connectivity index (χ1n) is 0.327. The molecule has 0 spiro atoms. The van der Waals surface area contributed by atoms with Gasteiger partial charge in [-0.15, -0.1) is 0 Å². The molecule has 0 aromatic heterocycles. The fraction of sp³-hybridized carbons (Fsp3) is 0. The van der Waals surface area contributed by atoms with Crippen LogP contribution >= 0.6 is 0 Å². The van der Waals surface area contributed by atoms with Gasteiger partial charge >= 0.3 is 44.1 Å². The molecule has 0 aliphatic rings. The monoisotopic (exact) mass is 181 g/mol. The molecule has 0 saturated heterocycles. The first-order valence-corrected chi connectivity index (χ1v) is 1.68. The molecule has 4 heavy (non-hydrogen) atoms. The van der Waals surface area contributed by atoms with Crippen LogP contribution in [-0.2, 0) is 44.1 Å². The molecule has 0 aromatic carbocycles. The van der Waals surface area contributed by atoms with Gasteiger partial charge < -0.3 is 0 Å². The zero-order valence-electron chi connectivity index (χ0n) is 1.62. The maximum atomic E-state index is 8.30. The molecule has 0 radical (unpaired) electrons. The van der Waals surface area contributed by atoms with Crippen molar-refractivity contribution in [2.75, 3.05) is 0 Å². The van der Waals surface area contributed by atoms with Crippen molar-refractivity contribution in [2.24, 2.45) is 0 Å². The van der Waals surface area contributed by atoms with E-state index in [1.54, 1.807) is 0 Å². The van der Waals surface area contributed by atoms with E-state index in [1.807, 2.05) is 15.9 Å². The average Bonchev–Trinajstić information content (AvgIpc) is 1.50. The summed E-state index contributed by atoms with van der Waals surface area (Å²) >= 11 is 2.50. The van der Waals surface area contributed by atoms with Gasteiger partial charge in [0.25, 0.3) is 0 Å². The Labute approximate surface area is 44.2 Å². The summed E-state index contributed by atoms with van der Waals surface area (Å²) in [5, 5.41) is 0. The van der Waals surface area contributed by atoms with E-state index in [-0.39, 0.29) is 0 Å². The van der Waals surface area contributed by atoms with E-state index in [0.717, 1.165) is 0 Å². The standard InChI is InChI=1S/Fe.Nb.2O. The van der Waals surface area contributed by atoms with Crippen molar-refractivity contribution in [2.45, 2.75) is 0 Å². The van der Waals surface area contributed by atoms with E-state index in [0.29, 0.717) is 21.0 Å². The van der Waals surface area contributed by atoms with Crippen molar-refractivity contribution >= 4 is 0 Å². The van der Waals surface area contributed by atoms with E-state index in [1.165, 1.54) is 0 Å². The third-order valence-corrected chi connectivity index (χ3v) is 0. The number of hydrogen-bond donors (Lipinski definition) is 0. The fourth-order valence-corrected chi connectivity index (χ4v) is 0. The van der Waals surface area contributed by atoms with Gasteiger partial charge in [0.15, 0.2) is 0 Å². The van der Waals surface area contributed by atoms with Crippen molar-refractivity contribution in [1.29, 1.82) is 0 Å². The Morgan fingerprint density at radius 3 is 1.25 bits per heavy atom. The quantitative estimate of drug-likeness (QED) is 0.483. The summed E-state index contributed by atoms with van der Waals surface area (Å²) in [6.07, 6.45) is 0. The van der Waals surface area contributed by atoms with E-state index in [2.05, 4.69) is 0 Å². The Morgan fingerprint density at radius 2 is 1.25 bits per heavy atom. The molecule has 0 aromatic rings. The molecule has 0 amide bonds. The zero-order chi connectivity index (χ0) is 4.00. The van der Waals surface area contributed by atoms with E-state index >= 15 is 0 Å². The molecular formula is FeNbO2. The number of hydrogen-bond acceptors (Lipinski definition) is 2. The molecule has 0 atom stereocenters. The molecule has 25 valence electrons. The van der Waals surface area contributed by atoms with Crippen molar-refractivity contribution in [3.63, 3.8) is 0 Å². The summed E-state index contributed by atoms with van der Waals surface area (Å²) in [5.74, 6) is 0. The Kier molecular flexibility index (Phi) is 94.5. The van der Waals surface area contributed by atoms with Crippen molar-refractivity contribution in [3.8, 4) is 0 Å². The van der Waals surface area contributed by atoms with Crippen molar-refractivity contribution in [1.82, 2.24) is 0 Å². The van der Waals surface area contributed by atoms with Crippen LogP contribution in [0.3, 0.4) is 0 Å². The second-order valence-corrected chi connectivity index (χ2v) is 0. The van der Waals surface area contributed by atoms with Gasteiger partial charge in [-0.05, 0) is 0 Å². The molecular weight excluding hydrogens is 181 g/mol. The molecule has 0 N–H and O–H groups in total. The predicted octanol–water partition coefficient (Wildman–Crippen LogP) is -0.243. The molecule has 0 aliphatic heterocycles. The molecule has 4 heteroatoms.